The predicted octanol–water partition coefficient (Wildman–Crippen LogP) is 2.19. The summed E-state index contributed by atoms with van der Waals surface area (Å²) in [5.41, 5.74) is -0.772. The SMILES string of the molecule is C[C@@H]1CC[C@@]2(O)N3CCC[C@@H]4C(=O)C[C@H]1[C@@]42CCC3. The summed E-state index contributed by atoms with van der Waals surface area (Å²) in [6, 6.07) is 0. The largest absolute Gasteiger partial charge is 0.375 e. The van der Waals surface area contributed by atoms with Crippen LogP contribution in [0.1, 0.15) is 51.9 Å². The number of rotatable bonds is 0. The molecule has 2 saturated carbocycles. The second-order valence-corrected chi connectivity index (χ2v) is 7.44. The van der Waals surface area contributed by atoms with Crippen LogP contribution < -0.4 is 0 Å². The summed E-state index contributed by atoms with van der Waals surface area (Å²) in [5, 5.41) is 11.5. The van der Waals surface area contributed by atoms with E-state index >= 15 is 0 Å². The van der Waals surface area contributed by atoms with Crippen molar-refractivity contribution >= 4 is 5.78 Å². The number of hydrogen-bond donors (Lipinski definition) is 1. The highest BCUT2D eigenvalue weighted by Gasteiger charge is 2.70. The first-order valence-electron chi connectivity index (χ1n) is 8.10. The molecule has 4 rings (SSSR count). The molecule has 4 aliphatic rings. The van der Waals surface area contributed by atoms with E-state index < -0.39 is 5.72 Å². The number of carbonyl (C=O) groups excluding carboxylic acids is 1. The lowest BCUT2D eigenvalue weighted by atomic mass is 9.52. The van der Waals surface area contributed by atoms with Gasteiger partial charge in [0.05, 0.1) is 0 Å². The van der Waals surface area contributed by atoms with Crippen molar-refractivity contribution in [3.8, 4) is 0 Å². The quantitative estimate of drug-likeness (QED) is 0.728. The Labute approximate surface area is 115 Å². The first-order valence-corrected chi connectivity index (χ1v) is 8.10. The van der Waals surface area contributed by atoms with Gasteiger partial charge in [-0.25, -0.2) is 0 Å². The van der Waals surface area contributed by atoms with E-state index in [4.69, 9.17) is 0 Å². The van der Waals surface area contributed by atoms with Crippen LogP contribution in [0.25, 0.3) is 0 Å². The van der Waals surface area contributed by atoms with Crippen molar-refractivity contribution in [2.75, 3.05) is 13.1 Å². The smallest absolute Gasteiger partial charge is 0.137 e. The summed E-state index contributed by atoms with van der Waals surface area (Å²) < 4.78 is 0. The van der Waals surface area contributed by atoms with Crippen LogP contribution in [0.5, 0.6) is 0 Å². The highest BCUT2D eigenvalue weighted by Crippen LogP contribution is 2.66. The second kappa shape index (κ2) is 3.82. The number of piperidine rings is 1. The van der Waals surface area contributed by atoms with E-state index in [0.717, 1.165) is 58.0 Å². The van der Waals surface area contributed by atoms with Gasteiger partial charge in [0.1, 0.15) is 11.5 Å². The third-order valence-corrected chi connectivity index (χ3v) is 6.94. The van der Waals surface area contributed by atoms with Crippen LogP contribution in [0.4, 0.5) is 0 Å². The Hall–Kier alpha value is -0.410. The number of nitrogens with zero attached hydrogens (tertiary/aromatic N) is 1. The summed E-state index contributed by atoms with van der Waals surface area (Å²) in [4.78, 5) is 14.9. The molecule has 3 nitrogen and oxygen atoms in total. The van der Waals surface area contributed by atoms with E-state index in [9.17, 15) is 9.90 Å². The Kier molecular flexibility index (Phi) is 2.48. The Morgan fingerprint density at radius 2 is 2.00 bits per heavy atom. The van der Waals surface area contributed by atoms with Crippen LogP contribution in [0, 0.1) is 23.2 Å². The molecule has 106 valence electrons. The molecule has 2 aliphatic heterocycles. The molecular formula is C16H25NO2. The summed E-state index contributed by atoms with van der Waals surface area (Å²) in [7, 11) is 0. The van der Waals surface area contributed by atoms with Crippen LogP contribution >= 0.6 is 0 Å². The van der Waals surface area contributed by atoms with E-state index in [0.29, 0.717) is 17.6 Å². The van der Waals surface area contributed by atoms with Gasteiger partial charge in [0.2, 0.25) is 0 Å². The van der Waals surface area contributed by atoms with Crippen LogP contribution in [0.15, 0.2) is 0 Å². The molecule has 1 N–H and O–H groups in total. The molecule has 2 bridgehead atoms. The highest BCUT2D eigenvalue weighted by atomic mass is 16.3. The summed E-state index contributed by atoms with van der Waals surface area (Å²) in [6.45, 7) is 4.32. The second-order valence-electron chi connectivity index (χ2n) is 7.44. The van der Waals surface area contributed by atoms with E-state index in [-0.39, 0.29) is 11.3 Å². The molecular weight excluding hydrogens is 238 g/mol. The molecule has 0 aromatic carbocycles. The van der Waals surface area contributed by atoms with Gasteiger partial charge in [-0.2, -0.15) is 0 Å². The molecule has 3 heteroatoms. The van der Waals surface area contributed by atoms with E-state index in [1.165, 1.54) is 0 Å². The minimum absolute atomic E-state index is 0.101. The number of Topliss-reactive ketones (excluding diaryl/α,β-unsaturated/α-hetero) is 1. The van der Waals surface area contributed by atoms with Gasteiger partial charge >= 0.3 is 0 Å². The molecule has 0 aromatic heterocycles. The monoisotopic (exact) mass is 263 g/mol. The zero-order valence-electron chi connectivity index (χ0n) is 11.9. The molecule has 1 spiro atoms. The fourth-order valence-corrected chi connectivity index (χ4v) is 6.20. The van der Waals surface area contributed by atoms with Crippen molar-refractivity contribution < 1.29 is 9.90 Å². The molecule has 2 heterocycles. The lowest BCUT2D eigenvalue weighted by Gasteiger charge is -2.61. The molecule has 0 radical (unpaired) electrons. The van der Waals surface area contributed by atoms with E-state index in [2.05, 4.69) is 11.8 Å². The third-order valence-electron chi connectivity index (χ3n) is 6.94. The highest BCUT2D eigenvalue weighted by molar-refractivity contribution is 5.85. The van der Waals surface area contributed by atoms with E-state index in [1.54, 1.807) is 0 Å². The standard InChI is InChI=1S/C16H25NO2/c1-11-5-7-16(19)15-6-3-9-17(16)8-2-4-12(15)14(18)10-13(11)15/h11-13,19H,2-10H2,1H3/t11-,12-,13-,15-,16+/m1/s1. The molecule has 19 heavy (non-hydrogen) atoms. The molecule has 6 atom stereocenters. The van der Waals surface area contributed by atoms with Crippen molar-refractivity contribution in [1.29, 1.82) is 0 Å². The summed E-state index contributed by atoms with van der Waals surface area (Å²) in [6.07, 6.45) is 7.04. The molecule has 0 amide bonds. The van der Waals surface area contributed by atoms with Crippen molar-refractivity contribution in [2.45, 2.75) is 57.6 Å². The van der Waals surface area contributed by atoms with Crippen LogP contribution in [-0.4, -0.2) is 34.6 Å². The number of carbonyl (C=O) groups is 1. The average Bonchev–Trinajstić information content (AvgIpc) is 2.65. The molecule has 0 aromatic rings. The molecule has 2 saturated heterocycles. The maximum atomic E-state index is 12.6. The van der Waals surface area contributed by atoms with Crippen molar-refractivity contribution in [1.82, 2.24) is 4.90 Å². The molecule has 4 fully saturated rings. The third kappa shape index (κ3) is 1.29. The zero-order chi connectivity index (χ0) is 13.3. The maximum Gasteiger partial charge on any atom is 0.137 e. The first kappa shape index (κ1) is 12.3. The Bertz CT molecular complexity index is 423. The van der Waals surface area contributed by atoms with Crippen LogP contribution in [0.2, 0.25) is 0 Å². The minimum Gasteiger partial charge on any atom is -0.375 e. The van der Waals surface area contributed by atoms with Crippen molar-refractivity contribution in [3.05, 3.63) is 0 Å². The fraction of sp³-hybridized carbons (Fsp3) is 0.938. The Morgan fingerprint density at radius 1 is 1.21 bits per heavy atom. The van der Waals surface area contributed by atoms with Gasteiger partial charge < -0.3 is 5.11 Å². The van der Waals surface area contributed by atoms with Crippen LogP contribution in [0.3, 0.4) is 0 Å². The normalized spacial score (nSPS) is 56.6. The predicted molar refractivity (Wildman–Crippen MR) is 72.4 cm³/mol. The number of ketones is 1. The van der Waals surface area contributed by atoms with Gasteiger partial charge in [0.25, 0.3) is 0 Å². The molecule has 2 aliphatic carbocycles. The van der Waals surface area contributed by atoms with Gasteiger partial charge in [-0.3, -0.25) is 9.69 Å². The lowest BCUT2D eigenvalue weighted by Crippen LogP contribution is -2.68. The minimum atomic E-state index is -0.671. The topological polar surface area (TPSA) is 40.5 Å². The van der Waals surface area contributed by atoms with Crippen molar-refractivity contribution in [3.63, 3.8) is 0 Å². The van der Waals surface area contributed by atoms with Gasteiger partial charge in [-0.05, 0) is 50.4 Å². The van der Waals surface area contributed by atoms with Gasteiger partial charge in [-0.15, -0.1) is 0 Å². The Morgan fingerprint density at radius 3 is 2.84 bits per heavy atom. The zero-order valence-corrected chi connectivity index (χ0v) is 11.9. The fourth-order valence-electron chi connectivity index (χ4n) is 6.20. The summed E-state index contributed by atoms with van der Waals surface area (Å²) >= 11 is 0. The molecule has 1 unspecified atom stereocenters. The van der Waals surface area contributed by atoms with Crippen LogP contribution in [-0.2, 0) is 4.79 Å². The average molecular weight is 263 g/mol. The lowest BCUT2D eigenvalue weighted by molar-refractivity contribution is -0.264. The van der Waals surface area contributed by atoms with Gasteiger partial charge in [0, 0.05) is 30.8 Å². The Balaban J connectivity index is 1.91. The number of aliphatic hydroxyl groups is 1. The van der Waals surface area contributed by atoms with Gasteiger partial charge in [-0.1, -0.05) is 6.92 Å². The van der Waals surface area contributed by atoms with Crippen molar-refractivity contribution in [2.24, 2.45) is 23.2 Å². The van der Waals surface area contributed by atoms with Gasteiger partial charge in [0.15, 0.2) is 0 Å². The number of hydrogen-bond acceptors (Lipinski definition) is 3. The maximum absolute atomic E-state index is 12.6. The van der Waals surface area contributed by atoms with E-state index in [1.807, 2.05) is 0 Å². The summed E-state index contributed by atoms with van der Waals surface area (Å²) in [5.74, 6) is 1.65. The first-order chi connectivity index (χ1) is 9.09.